The van der Waals surface area contributed by atoms with Crippen LogP contribution >= 0.6 is 11.6 Å². The number of nitrogens with zero attached hydrogens (tertiary/aromatic N) is 1. The maximum absolute atomic E-state index is 12.6. The van der Waals surface area contributed by atoms with Gasteiger partial charge in [-0.15, -0.1) is 0 Å². The lowest BCUT2D eigenvalue weighted by Gasteiger charge is -2.30. The fraction of sp³-hybridized carbons (Fsp3) is 0.500. The molecule has 1 aromatic rings. The highest BCUT2D eigenvalue weighted by Crippen LogP contribution is 2.48. The number of carbonyl (C=O) groups is 2. The molecule has 0 unspecified atom stereocenters. The van der Waals surface area contributed by atoms with Crippen LogP contribution in [0.2, 0.25) is 5.02 Å². The highest BCUT2D eigenvalue weighted by molar-refractivity contribution is 6.31. The largest absolute Gasteiger partial charge is 0.378 e. The maximum atomic E-state index is 12.6. The standard InChI is InChI=1S/C16H19ClN2O3/c1-11-2-3-12(17)10-13(11)18-14(20)16(4-5-16)15(21)19-6-8-22-9-7-19/h2-3,10H,4-9H2,1H3,(H,18,20). The predicted molar refractivity (Wildman–Crippen MR) is 83.9 cm³/mol. The summed E-state index contributed by atoms with van der Waals surface area (Å²) in [5.74, 6) is -0.303. The van der Waals surface area contributed by atoms with E-state index in [0.29, 0.717) is 49.9 Å². The molecule has 2 aliphatic rings. The Bertz CT molecular complexity index is 607. The second-order valence-corrected chi connectivity index (χ2v) is 6.34. The molecule has 1 saturated heterocycles. The Morgan fingerprint density at radius 3 is 2.59 bits per heavy atom. The number of halogens is 1. The molecule has 1 saturated carbocycles. The molecular weight excluding hydrogens is 304 g/mol. The molecule has 22 heavy (non-hydrogen) atoms. The van der Waals surface area contributed by atoms with Crippen LogP contribution in [0.5, 0.6) is 0 Å². The monoisotopic (exact) mass is 322 g/mol. The van der Waals surface area contributed by atoms with Crippen molar-refractivity contribution in [2.75, 3.05) is 31.6 Å². The van der Waals surface area contributed by atoms with E-state index in [1.54, 1.807) is 17.0 Å². The number of hydrogen-bond donors (Lipinski definition) is 1. The molecule has 6 heteroatoms. The summed E-state index contributed by atoms with van der Waals surface area (Å²) in [4.78, 5) is 27.0. The minimum absolute atomic E-state index is 0.0759. The van der Waals surface area contributed by atoms with Gasteiger partial charge in [0.25, 0.3) is 0 Å². The van der Waals surface area contributed by atoms with Crippen molar-refractivity contribution < 1.29 is 14.3 Å². The minimum atomic E-state index is -0.897. The summed E-state index contributed by atoms with van der Waals surface area (Å²) >= 11 is 5.97. The topological polar surface area (TPSA) is 58.6 Å². The van der Waals surface area contributed by atoms with Crippen molar-refractivity contribution in [3.05, 3.63) is 28.8 Å². The number of benzene rings is 1. The molecule has 1 aliphatic carbocycles. The van der Waals surface area contributed by atoms with Gasteiger partial charge in [-0.1, -0.05) is 17.7 Å². The van der Waals surface area contributed by atoms with Crippen molar-refractivity contribution >= 4 is 29.1 Å². The van der Waals surface area contributed by atoms with Gasteiger partial charge in [-0.05, 0) is 37.5 Å². The Morgan fingerprint density at radius 2 is 1.95 bits per heavy atom. The van der Waals surface area contributed by atoms with Gasteiger partial charge < -0.3 is 15.0 Å². The summed E-state index contributed by atoms with van der Waals surface area (Å²) < 4.78 is 5.26. The Balaban J connectivity index is 1.73. The zero-order chi connectivity index (χ0) is 15.7. The van der Waals surface area contributed by atoms with Crippen LogP contribution in [0.1, 0.15) is 18.4 Å². The number of amides is 2. The number of hydrogen-bond acceptors (Lipinski definition) is 3. The Hall–Kier alpha value is -1.59. The van der Waals surface area contributed by atoms with Crippen LogP contribution in [-0.2, 0) is 14.3 Å². The molecule has 0 aromatic heterocycles. The van der Waals surface area contributed by atoms with E-state index in [1.807, 2.05) is 13.0 Å². The molecule has 0 atom stereocenters. The molecule has 1 aromatic carbocycles. The summed E-state index contributed by atoms with van der Waals surface area (Å²) in [7, 11) is 0. The van der Waals surface area contributed by atoms with Gasteiger partial charge in [-0.25, -0.2) is 0 Å². The van der Waals surface area contributed by atoms with Gasteiger partial charge in [0.05, 0.1) is 13.2 Å². The van der Waals surface area contributed by atoms with Crippen LogP contribution in [0.15, 0.2) is 18.2 Å². The van der Waals surface area contributed by atoms with Gasteiger partial charge in [-0.3, -0.25) is 9.59 Å². The van der Waals surface area contributed by atoms with E-state index in [2.05, 4.69) is 5.32 Å². The first-order valence-corrected chi connectivity index (χ1v) is 7.85. The molecule has 5 nitrogen and oxygen atoms in total. The van der Waals surface area contributed by atoms with E-state index in [1.165, 1.54) is 0 Å². The molecule has 0 bridgehead atoms. The highest BCUT2D eigenvalue weighted by atomic mass is 35.5. The lowest BCUT2D eigenvalue weighted by Crippen LogP contribution is -2.47. The number of carbonyl (C=O) groups excluding carboxylic acids is 2. The zero-order valence-corrected chi connectivity index (χ0v) is 13.3. The number of nitrogens with one attached hydrogen (secondary N) is 1. The number of aryl methyl sites for hydroxylation is 1. The maximum Gasteiger partial charge on any atom is 0.240 e. The van der Waals surface area contributed by atoms with E-state index in [0.717, 1.165) is 5.56 Å². The highest BCUT2D eigenvalue weighted by Gasteiger charge is 2.58. The molecule has 1 heterocycles. The third-order valence-electron chi connectivity index (χ3n) is 4.34. The van der Waals surface area contributed by atoms with Crippen molar-refractivity contribution in [3.63, 3.8) is 0 Å². The van der Waals surface area contributed by atoms with E-state index in [9.17, 15) is 9.59 Å². The average molecular weight is 323 g/mol. The first-order chi connectivity index (χ1) is 10.5. The van der Waals surface area contributed by atoms with Crippen LogP contribution in [0.4, 0.5) is 5.69 Å². The van der Waals surface area contributed by atoms with Crippen molar-refractivity contribution in [1.82, 2.24) is 4.90 Å². The number of rotatable bonds is 3. The molecule has 2 amide bonds. The first-order valence-electron chi connectivity index (χ1n) is 7.48. The molecule has 2 fully saturated rings. The summed E-state index contributed by atoms with van der Waals surface area (Å²) in [6.07, 6.45) is 1.21. The van der Waals surface area contributed by atoms with Gasteiger partial charge in [0.2, 0.25) is 11.8 Å². The molecule has 1 N–H and O–H groups in total. The van der Waals surface area contributed by atoms with Crippen molar-refractivity contribution in [2.45, 2.75) is 19.8 Å². The van der Waals surface area contributed by atoms with Crippen molar-refractivity contribution in [2.24, 2.45) is 5.41 Å². The van der Waals surface area contributed by atoms with E-state index < -0.39 is 5.41 Å². The third kappa shape index (κ3) is 2.83. The van der Waals surface area contributed by atoms with E-state index >= 15 is 0 Å². The number of morpholine rings is 1. The second kappa shape index (κ2) is 5.89. The third-order valence-corrected chi connectivity index (χ3v) is 4.58. The fourth-order valence-electron chi connectivity index (χ4n) is 2.70. The molecule has 1 aliphatic heterocycles. The van der Waals surface area contributed by atoms with E-state index in [-0.39, 0.29) is 11.8 Å². The normalized spacial score (nSPS) is 19.6. The lowest BCUT2D eigenvalue weighted by atomic mass is 10.0. The Labute approximate surface area is 134 Å². The number of ether oxygens (including phenoxy) is 1. The van der Waals surface area contributed by atoms with Crippen LogP contribution in [0.3, 0.4) is 0 Å². The summed E-state index contributed by atoms with van der Waals surface area (Å²) in [6.45, 7) is 4.09. The molecule has 118 valence electrons. The lowest BCUT2D eigenvalue weighted by molar-refractivity contribution is -0.145. The quantitative estimate of drug-likeness (QED) is 0.868. The van der Waals surface area contributed by atoms with Gasteiger partial charge in [-0.2, -0.15) is 0 Å². The van der Waals surface area contributed by atoms with Gasteiger partial charge in [0, 0.05) is 23.8 Å². The SMILES string of the molecule is Cc1ccc(Cl)cc1NC(=O)C1(C(=O)N2CCOCC2)CC1. The Morgan fingerprint density at radius 1 is 1.27 bits per heavy atom. The molecule has 3 rings (SSSR count). The number of anilines is 1. The van der Waals surface area contributed by atoms with Crippen molar-refractivity contribution in [3.8, 4) is 0 Å². The smallest absolute Gasteiger partial charge is 0.240 e. The minimum Gasteiger partial charge on any atom is -0.378 e. The summed E-state index contributed by atoms with van der Waals surface area (Å²) in [5, 5.41) is 3.43. The van der Waals surface area contributed by atoms with Crippen LogP contribution < -0.4 is 5.32 Å². The van der Waals surface area contributed by atoms with Crippen molar-refractivity contribution in [1.29, 1.82) is 0 Å². The predicted octanol–water partition coefficient (Wildman–Crippen LogP) is 2.23. The van der Waals surface area contributed by atoms with Crippen LogP contribution in [-0.4, -0.2) is 43.0 Å². The zero-order valence-electron chi connectivity index (χ0n) is 12.5. The first kappa shape index (κ1) is 15.3. The average Bonchev–Trinajstić information content (AvgIpc) is 3.33. The summed E-state index contributed by atoms with van der Waals surface area (Å²) in [6, 6.07) is 5.34. The van der Waals surface area contributed by atoms with Crippen LogP contribution in [0.25, 0.3) is 0 Å². The summed E-state index contributed by atoms with van der Waals surface area (Å²) in [5.41, 5.74) is 0.692. The second-order valence-electron chi connectivity index (χ2n) is 5.90. The molecule has 0 spiro atoms. The Kier molecular flexibility index (Phi) is 4.10. The van der Waals surface area contributed by atoms with Gasteiger partial charge in [0.15, 0.2) is 0 Å². The van der Waals surface area contributed by atoms with Gasteiger partial charge >= 0.3 is 0 Å². The van der Waals surface area contributed by atoms with E-state index in [4.69, 9.17) is 16.3 Å². The fourth-order valence-corrected chi connectivity index (χ4v) is 2.88. The van der Waals surface area contributed by atoms with Gasteiger partial charge in [0.1, 0.15) is 5.41 Å². The molecular formula is C16H19ClN2O3. The van der Waals surface area contributed by atoms with Crippen LogP contribution in [0, 0.1) is 12.3 Å². The molecule has 0 radical (unpaired) electrons.